The number of rotatable bonds is 10. The van der Waals surface area contributed by atoms with Gasteiger partial charge in [-0.25, -0.2) is 0 Å². The van der Waals surface area contributed by atoms with E-state index in [0.29, 0.717) is 0 Å². The molecule has 2 N–H and O–H groups in total. The van der Waals surface area contributed by atoms with E-state index in [4.69, 9.17) is 4.74 Å². The number of piperidine rings is 1. The lowest BCUT2D eigenvalue weighted by Gasteiger charge is -2.35. The van der Waals surface area contributed by atoms with Crippen LogP contribution in [0, 0.1) is 0 Å². The summed E-state index contributed by atoms with van der Waals surface area (Å²) in [5.41, 5.74) is 0. The molecule has 138 valence electrons. The topological polar surface area (TPSA) is 48.9 Å². The third-order valence-electron chi connectivity index (χ3n) is 4.18. The largest absolute Gasteiger partial charge is 0.382 e. The molecule has 0 spiro atoms. The zero-order valence-corrected chi connectivity index (χ0v) is 17.6. The van der Waals surface area contributed by atoms with Crippen molar-refractivity contribution < 1.29 is 4.74 Å². The van der Waals surface area contributed by atoms with E-state index in [1.165, 1.54) is 32.2 Å². The summed E-state index contributed by atoms with van der Waals surface area (Å²) < 4.78 is 5.34. The van der Waals surface area contributed by atoms with Crippen molar-refractivity contribution in [3.8, 4) is 0 Å². The summed E-state index contributed by atoms with van der Waals surface area (Å²) in [7, 11) is 0. The molecule has 0 aromatic carbocycles. The number of hydrogen-bond acceptors (Lipinski definition) is 3. The number of aliphatic imine (C=N–C) groups is 1. The van der Waals surface area contributed by atoms with E-state index in [1.807, 2.05) is 6.92 Å². The highest BCUT2D eigenvalue weighted by atomic mass is 127. The molecular weight excluding hydrogens is 403 g/mol. The molecule has 0 saturated carbocycles. The summed E-state index contributed by atoms with van der Waals surface area (Å²) in [6.07, 6.45) is 6.36. The van der Waals surface area contributed by atoms with Crippen LogP contribution < -0.4 is 10.6 Å². The summed E-state index contributed by atoms with van der Waals surface area (Å²) in [4.78, 5) is 7.24. The van der Waals surface area contributed by atoms with Gasteiger partial charge in [0.1, 0.15) is 0 Å². The van der Waals surface area contributed by atoms with Gasteiger partial charge < -0.3 is 15.4 Å². The second-order valence-corrected chi connectivity index (χ2v) is 5.83. The highest BCUT2D eigenvalue weighted by Gasteiger charge is 2.19. The van der Waals surface area contributed by atoms with Crippen molar-refractivity contribution in [2.24, 2.45) is 4.99 Å². The molecular formula is C17H37IN4O. The summed E-state index contributed by atoms with van der Waals surface area (Å²) in [6, 6.07) is 0.779. The second kappa shape index (κ2) is 15.4. The molecule has 1 atom stereocenters. The van der Waals surface area contributed by atoms with Gasteiger partial charge in [-0.05, 0) is 46.1 Å². The highest BCUT2D eigenvalue weighted by Crippen LogP contribution is 2.18. The van der Waals surface area contributed by atoms with Gasteiger partial charge in [0, 0.05) is 45.4 Å². The molecule has 23 heavy (non-hydrogen) atoms. The Labute approximate surface area is 160 Å². The monoisotopic (exact) mass is 440 g/mol. The number of guanidine groups is 1. The molecule has 1 aliphatic rings. The first kappa shape index (κ1) is 22.9. The first-order valence-electron chi connectivity index (χ1n) is 9.15. The van der Waals surface area contributed by atoms with Crippen molar-refractivity contribution in [2.75, 3.05) is 45.9 Å². The smallest absolute Gasteiger partial charge is 0.191 e. The van der Waals surface area contributed by atoms with Crippen molar-refractivity contribution in [3.63, 3.8) is 0 Å². The number of likely N-dealkylation sites (tertiary alicyclic amines) is 1. The van der Waals surface area contributed by atoms with E-state index in [0.717, 1.165) is 57.8 Å². The summed E-state index contributed by atoms with van der Waals surface area (Å²) in [6.45, 7) is 13.1. The number of nitrogens with one attached hydrogen (secondary N) is 2. The standard InChI is InChI=1S/C17H36N4O.HI/c1-4-16-10-7-8-13-21(16)14-12-20-17(18-5-2)19-11-9-15-22-6-3;/h16H,4-15H2,1-3H3,(H2,18,19,20);1H. The Morgan fingerprint density at radius 3 is 2.74 bits per heavy atom. The lowest BCUT2D eigenvalue weighted by Crippen LogP contribution is -2.46. The maximum atomic E-state index is 5.34. The Morgan fingerprint density at radius 1 is 1.22 bits per heavy atom. The molecule has 0 aliphatic carbocycles. The number of halogens is 1. The first-order chi connectivity index (χ1) is 10.8. The quantitative estimate of drug-likeness (QED) is 0.238. The molecule has 6 heteroatoms. The lowest BCUT2D eigenvalue weighted by atomic mass is 10.0. The van der Waals surface area contributed by atoms with Gasteiger partial charge in [-0.1, -0.05) is 13.3 Å². The Kier molecular flexibility index (Phi) is 15.4. The van der Waals surface area contributed by atoms with Crippen molar-refractivity contribution in [1.82, 2.24) is 15.5 Å². The maximum Gasteiger partial charge on any atom is 0.191 e. The molecule has 0 radical (unpaired) electrons. The fourth-order valence-electron chi connectivity index (χ4n) is 2.98. The third-order valence-corrected chi connectivity index (χ3v) is 4.18. The summed E-state index contributed by atoms with van der Waals surface area (Å²) in [5, 5.41) is 6.78. The second-order valence-electron chi connectivity index (χ2n) is 5.83. The van der Waals surface area contributed by atoms with Crippen LogP contribution in [0.4, 0.5) is 0 Å². The molecule has 5 nitrogen and oxygen atoms in total. The van der Waals surface area contributed by atoms with Crippen LogP contribution >= 0.6 is 24.0 Å². The van der Waals surface area contributed by atoms with Crippen molar-refractivity contribution in [1.29, 1.82) is 0 Å². The van der Waals surface area contributed by atoms with Crippen LogP contribution in [-0.4, -0.2) is 62.8 Å². The maximum absolute atomic E-state index is 5.34. The zero-order chi connectivity index (χ0) is 16.0. The molecule has 0 amide bonds. The van der Waals surface area contributed by atoms with Crippen LogP contribution in [0.1, 0.15) is 52.9 Å². The highest BCUT2D eigenvalue weighted by molar-refractivity contribution is 14.0. The number of ether oxygens (including phenoxy) is 1. The predicted molar refractivity (Wildman–Crippen MR) is 110 cm³/mol. The van der Waals surface area contributed by atoms with Crippen LogP contribution in [0.25, 0.3) is 0 Å². The van der Waals surface area contributed by atoms with Crippen molar-refractivity contribution in [2.45, 2.75) is 58.9 Å². The molecule has 1 aliphatic heterocycles. The van der Waals surface area contributed by atoms with Gasteiger partial charge in [0.2, 0.25) is 0 Å². The Balaban J connectivity index is 0.00000484. The number of hydrogen-bond donors (Lipinski definition) is 2. The molecule has 1 unspecified atom stereocenters. The van der Waals surface area contributed by atoms with Gasteiger partial charge in [-0.15, -0.1) is 24.0 Å². The molecule has 1 heterocycles. The van der Waals surface area contributed by atoms with Gasteiger partial charge in [0.25, 0.3) is 0 Å². The third kappa shape index (κ3) is 10.4. The van der Waals surface area contributed by atoms with E-state index in [2.05, 4.69) is 34.4 Å². The van der Waals surface area contributed by atoms with Gasteiger partial charge in [0.05, 0.1) is 0 Å². The van der Waals surface area contributed by atoms with E-state index in [-0.39, 0.29) is 24.0 Å². The summed E-state index contributed by atoms with van der Waals surface area (Å²) in [5.74, 6) is 0.934. The minimum atomic E-state index is 0. The van der Waals surface area contributed by atoms with Crippen LogP contribution in [0.2, 0.25) is 0 Å². The van der Waals surface area contributed by atoms with E-state index in [1.54, 1.807) is 0 Å². The van der Waals surface area contributed by atoms with Crippen LogP contribution in [0.15, 0.2) is 4.99 Å². The van der Waals surface area contributed by atoms with Crippen LogP contribution in [0.5, 0.6) is 0 Å². The average molecular weight is 440 g/mol. The Bertz CT molecular complexity index is 302. The first-order valence-corrected chi connectivity index (χ1v) is 9.15. The molecule has 1 saturated heterocycles. The fourth-order valence-corrected chi connectivity index (χ4v) is 2.98. The minimum Gasteiger partial charge on any atom is -0.382 e. The van der Waals surface area contributed by atoms with Gasteiger partial charge >= 0.3 is 0 Å². The Morgan fingerprint density at radius 2 is 2.04 bits per heavy atom. The lowest BCUT2D eigenvalue weighted by molar-refractivity contribution is 0.146. The molecule has 1 fully saturated rings. The normalized spacial score (nSPS) is 19.3. The fraction of sp³-hybridized carbons (Fsp3) is 0.941. The number of nitrogens with zero attached hydrogens (tertiary/aromatic N) is 2. The van der Waals surface area contributed by atoms with E-state index in [9.17, 15) is 0 Å². The van der Waals surface area contributed by atoms with Crippen LogP contribution in [0.3, 0.4) is 0 Å². The van der Waals surface area contributed by atoms with E-state index >= 15 is 0 Å². The molecule has 0 aromatic rings. The average Bonchev–Trinajstić information content (AvgIpc) is 2.55. The van der Waals surface area contributed by atoms with Crippen LogP contribution in [-0.2, 0) is 4.74 Å². The van der Waals surface area contributed by atoms with Gasteiger partial charge in [-0.3, -0.25) is 9.89 Å². The van der Waals surface area contributed by atoms with E-state index < -0.39 is 0 Å². The van der Waals surface area contributed by atoms with Gasteiger partial charge in [0.15, 0.2) is 5.96 Å². The minimum absolute atomic E-state index is 0. The SMILES string of the molecule is CCNC(=NCCCOCC)NCCN1CCCCC1CC.I. The predicted octanol–water partition coefficient (Wildman–Crippen LogP) is 2.85. The molecule has 1 rings (SSSR count). The summed E-state index contributed by atoms with van der Waals surface area (Å²) >= 11 is 0. The zero-order valence-electron chi connectivity index (χ0n) is 15.3. The Hall–Kier alpha value is -0.0800. The van der Waals surface area contributed by atoms with Crippen molar-refractivity contribution in [3.05, 3.63) is 0 Å². The molecule has 0 bridgehead atoms. The molecule has 0 aromatic heterocycles. The van der Waals surface area contributed by atoms with Gasteiger partial charge in [-0.2, -0.15) is 0 Å². The van der Waals surface area contributed by atoms with Crippen molar-refractivity contribution >= 4 is 29.9 Å².